The number of aliphatic imine (C=N–C) groups is 1. The molecule has 0 atom stereocenters. The Morgan fingerprint density at radius 3 is 2.69 bits per heavy atom. The van der Waals surface area contributed by atoms with Crippen molar-refractivity contribution in [2.24, 2.45) is 4.99 Å². The van der Waals surface area contributed by atoms with E-state index in [2.05, 4.69) is 22.2 Å². The summed E-state index contributed by atoms with van der Waals surface area (Å²) in [4.78, 5) is 6.75. The summed E-state index contributed by atoms with van der Waals surface area (Å²) in [7, 11) is 0. The van der Waals surface area contributed by atoms with Gasteiger partial charge < -0.3 is 0 Å². The molecule has 2 nitrogen and oxygen atoms in total. The van der Waals surface area contributed by atoms with Crippen LogP contribution in [0.25, 0.3) is 0 Å². The smallest absolute Gasteiger partial charge is 0.262 e. The highest BCUT2D eigenvalue weighted by molar-refractivity contribution is 7.78. The second kappa shape index (κ2) is 3.64. The number of halogens is 3. The minimum Gasteiger partial charge on any atom is -0.262 e. The monoisotopic (exact) mass is 204 g/mol. The number of pyridine rings is 1. The van der Waals surface area contributed by atoms with Crippen LogP contribution in [-0.4, -0.2) is 10.1 Å². The molecule has 1 rings (SSSR count). The molecular weight excluding hydrogens is 201 g/mol. The van der Waals surface area contributed by atoms with Gasteiger partial charge in [-0.25, -0.2) is 0 Å². The molecule has 0 bridgehead atoms. The SMILES string of the molecule is FC(F)(F)c1ccncc1N=C=S. The molecule has 0 fully saturated rings. The molecule has 1 aromatic heterocycles. The van der Waals surface area contributed by atoms with E-state index in [1.807, 2.05) is 5.16 Å². The molecule has 0 amide bonds. The van der Waals surface area contributed by atoms with E-state index in [0.29, 0.717) is 0 Å². The number of hydrogen-bond donors (Lipinski definition) is 0. The number of thiocarbonyl (C=S) groups is 1. The summed E-state index contributed by atoms with van der Waals surface area (Å²) in [6.07, 6.45) is -2.40. The highest BCUT2D eigenvalue weighted by Crippen LogP contribution is 2.35. The zero-order valence-electron chi connectivity index (χ0n) is 6.17. The Morgan fingerprint density at radius 1 is 1.46 bits per heavy atom. The van der Waals surface area contributed by atoms with Crippen molar-refractivity contribution in [1.82, 2.24) is 4.98 Å². The lowest BCUT2D eigenvalue weighted by Gasteiger charge is -2.07. The Labute approximate surface area is 77.1 Å². The van der Waals surface area contributed by atoms with Gasteiger partial charge >= 0.3 is 6.18 Å². The van der Waals surface area contributed by atoms with E-state index in [1.165, 1.54) is 0 Å². The summed E-state index contributed by atoms with van der Waals surface area (Å²) in [5, 5.41) is 1.86. The van der Waals surface area contributed by atoms with Crippen LogP contribution in [0.2, 0.25) is 0 Å². The minimum atomic E-state index is -4.44. The van der Waals surface area contributed by atoms with Gasteiger partial charge in [-0.1, -0.05) is 0 Å². The van der Waals surface area contributed by atoms with Crippen LogP contribution < -0.4 is 0 Å². The third-order valence-electron chi connectivity index (χ3n) is 1.27. The van der Waals surface area contributed by atoms with Crippen molar-refractivity contribution >= 4 is 23.1 Å². The number of rotatable bonds is 1. The van der Waals surface area contributed by atoms with E-state index < -0.39 is 11.7 Å². The topological polar surface area (TPSA) is 25.2 Å². The van der Waals surface area contributed by atoms with E-state index in [9.17, 15) is 13.2 Å². The molecule has 1 heterocycles. The summed E-state index contributed by atoms with van der Waals surface area (Å²) >= 11 is 4.20. The second-order valence-corrected chi connectivity index (χ2v) is 2.28. The van der Waals surface area contributed by atoms with Crippen LogP contribution in [0, 0.1) is 0 Å². The van der Waals surface area contributed by atoms with Crippen LogP contribution in [-0.2, 0) is 6.18 Å². The molecule has 13 heavy (non-hydrogen) atoms. The van der Waals surface area contributed by atoms with Gasteiger partial charge in [0.1, 0.15) is 5.69 Å². The number of nitrogens with zero attached hydrogens (tertiary/aromatic N) is 2. The Balaban J connectivity index is 3.27. The van der Waals surface area contributed by atoms with Gasteiger partial charge in [0, 0.05) is 6.20 Å². The molecule has 1 aromatic rings. The van der Waals surface area contributed by atoms with Crippen LogP contribution in [0.4, 0.5) is 18.9 Å². The van der Waals surface area contributed by atoms with Crippen molar-refractivity contribution in [3.63, 3.8) is 0 Å². The maximum atomic E-state index is 12.2. The van der Waals surface area contributed by atoms with Crippen LogP contribution in [0.3, 0.4) is 0 Å². The molecule has 6 heteroatoms. The molecule has 0 aliphatic rings. The number of aromatic nitrogens is 1. The average Bonchev–Trinajstić information content (AvgIpc) is 2.04. The third kappa shape index (κ3) is 2.34. The average molecular weight is 204 g/mol. The number of alkyl halides is 3. The van der Waals surface area contributed by atoms with E-state index in [0.717, 1.165) is 18.5 Å². The van der Waals surface area contributed by atoms with Crippen LogP contribution in [0.1, 0.15) is 5.56 Å². The first-order valence-electron chi connectivity index (χ1n) is 3.15. The van der Waals surface area contributed by atoms with Gasteiger partial charge in [-0.05, 0) is 18.3 Å². The summed E-state index contributed by atoms with van der Waals surface area (Å²) in [5.74, 6) is 0. The Kier molecular flexibility index (Phi) is 2.75. The maximum Gasteiger partial charge on any atom is 0.418 e. The lowest BCUT2D eigenvalue weighted by atomic mass is 10.2. The summed E-state index contributed by atoms with van der Waals surface area (Å²) in [6.45, 7) is 0. The number of isothiocyanates is 1. The molecule has 0 unspecified atom stereocenters. The minimum absolute atomic E-state index is 0.315. The maximum absolute atomic E-state index is 12.2. The normalized spacial score (nSPS) is 10.7. The zero-order chi connectivity index (χ0) is 9.90. The lowest BCUT2D eigenvalue weighted by molar-refractivity contribution is -0.137. The summed E-state index contributed by atoms with van der Waals surface area (Å²) in [6, 6.07) is 0.839. The van der Waals surface area contributed by atoms with Gasteiger partial charge in [-0.15, -0.1) is 0 Å². The van der Waals surface area contributed by atoms with Crippen molar-refractivity contribution in [3.05, 3.63) is 24.0 Å². The molecule has 0 aromatic carbocycles. The van der Waals surface area contributed by atoms with Gasteiger partial charge in [0.05, 0.1) is 16.9 Å². The first-order valence-corrected chi connectivity index (χ1v) is 3.55. The Hall–Kier alpha value is -1.26. The quantitative estimate of drug-likeness (QED) is 0.519. The molecule has 0 spiro atoms. The zero-order valence-corrected chi connectivity index (χ0v) is 6.99. The van der Waals surface area contributed by atoms with Crippen molar-refractivity contribution < 1.29 is 13.2 Å². The van der Waals surface area contributed by atoms with Crippen LogP contribution >= 0.6 is 12.2 Å². The van der Waals surface area contributed by atoms with E-state index in [4.69, 9.17) is 0 Å². The highest BCUT2D eigenvalue weighted by atomic mass is 32.1. The van der Waals surface area contributed by atoms with Crippen LogP contribution in [0.5, 0.6) is 0 Å². The van der Waals surface area contributed by atoms with Crippen molar-refractivity contribution in [2.45, 2.75) is 6.18 Å². The molecule has 0 saturated heterocycles. The third-order valence-corrected chi connectivity index (χ3v) is 1.36. The Morgan fingerprint density at radius 2 is 2.15 bits per heavy atom. The fraction of sp³-hybridized carbons (Fsp3) is 0.143. The fourth-order valence-electron chi connectivity index (χ4n) is 0.764. The van der Waals surface area contributed by atoms with E-state index >= 15 is 0 Å². The van der Waals surface area contributed by atoms with Gasteiger partial charge in [0.25, 0.3) is 0 Å². The molecule has 0 aliphatic heterocycles. The molecule has 0 saturated carbocycles. The van der Waals surface area contributed by atoms with Crippen molar-refractivity contribution in [3.8, 4) is 0 Å². The Bertz CT molecular complexity index is 355. The molecule has 0 aliphatic carbocycles. The molecular formula is C7H3F3N2S. The van der Waals surface area contributed by atoms with E-state index in [1.54, 1.807) is 0 Å². The molecule has 68 valence electrons. The van der Waals surface area contributed by atoms with Gasteiger partial charge in [-0.2, -0.15) is 18.2 Å². The lowest BCUT2D eigenvalue weighted by Crippen LogP contribution is -2.05. The summed E-state index contributed by atoms with van der Waals surface area (Å²) in [5.41, 5.74) is -1.18. The van der Waals surface area contributed by atoms with Crippen molar-refractivity contribution in [2.75, 3.05) is 0 Å². The van der Waals surface area contributed by atoms with Crippen LogP contribution in [0.15, 0.2) is 23.5 Å². The van der Waals surface area contributed by atoms with Gasteiger partial charge in [-0.3, -0.25) is 4.98 Å². The second-order valence-electron chi connectivity index (χ2n) is 2.09. The number of hydrogen-bond acceptors (Lipinski definition) is 3. The summed E-state index contributed by atoms with van der Waals surface area (Å²) < 4.78 is 36.7. The largest absolute Gasteiger partial charge is 0.418 e. The van der Waals surface area contributed by atoms with Gasteiger partial charge in [0.15, 0.2) is 0 Å². The van der Waals surface area contributed by atoms with E-state index in [-0.39, 0.29) is 5.69 Å². The first-order chi connectivity index (χ1) is 6.05. The molecule has 0 N–H and O–H groups in total. The van der Waals surface area contributed by atoms with Crippen molar-refractivity contribution in [1.29, 1.82) is 0 Å². The fourth-order valence-corrected chi connectivity index (χ4v) is 0.862. The predicted molar refractivity (Wildman–Crippen MR) is 43.9 cm³/mol. The first kappa shape index (κ1) is 9.83. The van der Waals surface area contributed by atoms with Gasteiger partial charge in [0.2, 0.25) is 0 Å². The predicted octanol–water partition coefficient (Wildman–Crippen LogP) is 2.83. The molecule has 0 radical (unpaired) electrons. The standard InChI is InChI=1S/C7H3F3N2S/c8-7(9,10)5-1-2-11-3-6(5)12-4-13/h1-3H. The highest BCUT2D eigenvalue weighted by Gasteiger charge is 2.33.